The van der Waals surface area contributed by atoms with Crippen LogP contribution in [0.2, 0.25) is 0 Å². The van der Waals surface area contributed by atoms with Crippen LogP contribution in [0.3, 0.4) is 0 Å². The van der Waals surface area contributed by atoms with Crippen LogP contribution in [0.15, 0.2) is 48.8 Å². The zero-order valence-corrected chi connectivity index (χ0v) is 16.8. The van der Waals surface area contributed by atoms with Gasteiger partial charge < -0.3 is 20.2 Å². The number of rotatable bonds is 5. The van der Waals surface area contributed by atoms with Crippen LogP contribution in [-0.2, 0) is 4.79 Å². The highest BCUT2D eigenvalue weighted by molar-refractivity contribution is 6.08. The van der Waals surface area contributed by atoms with E-state index < -0.39 is 0 Å². The molecule has 3 aromatic heterocycles. The number of pyridine rings is 1. The summed E-state index contributed by atoms with van der Waals surface area (Å²) >= 11 is 0. The van der Waals surface area contributed by atoms with Crippen molar-refractivity contribution in [1.82, 2.24) is 24.7 Å². The summed E-state index contributed by atoms with van der Waals surface area (Å²) in [7, 11) is 0. The van der Waals surface area contributed by atoms with Crippen molar-refractivity contribution >= 4 is 34.2 Å². The van der Waals surface area contributed by atoms with E-state index in [1.807, 2.05) is 36.6 Å². The maximum Gasteiger partial charge on any atom is 0.273 e. The number of amides is 2. The van der Waals surface area contributed by atoms with Gasteiger partial charge in [-0.05, 0) is 38.1 Å². The van der Waals surface area contributed by atoms with Gasteiger partial charge in [-0.15, -0.1) is 10.2 Å². The second-order valence-electron chi connectivity index (χ2n) is 7.15. The largest absolute Gasteiger partial charge is 0.349 e. The molecule has 0 spiro atoms. The Balaban J connectivity index is 1.60. The molecule has 0 aliphatic rings. The molecule has 0 aliphatic heterocycles. The fraction of sp³-hybridized carbons (Fsp3) is 0.190. The van der Waals surface area contributed by atoms with Crippen molar-refractivity contribution in [3.63, 3.8) is 0 Å². The average Bonchev–Trinajstić information content (AvgIpc) is 3.36. The van der Waals surface area contributed by atoms with Crippen molar-refractivity contribution < 1.29 is 9.59 Å². The molecule has 0 aliphatic carbocycles. The molecule has 3 N–H and O–H groups in total. The van der Waals surface area contributed by atoms with E-state index in [0.717, 1.165) is 5.39 Å². The number of H-pyrrole nitrogens is 1. The van der Waals surface area contributed by atoms with Gasteiger partial charge in [0.2, 0.25) is 5.91 Å². The Hall–Kier alpha value is -4.01. The maximum absolute atomic E-state index is 12.8. The number of carbonyl (C=O) groups excluding carboxylic acids is 2. The molecule has 0 saturated heterocycles. The first kappa shape index (κ1) is 19.3. The van der Waals surface area contributed by atoms with Gasteiger partial charge >= 0.3 is 0 Å². The third-order valence-corrected chi connectivity index (χ3v) is 4.56. The van der Waals surface area contributed by atoms with E-state index in [-0.39, 0.29) is 17.9 Å². The van der Waals surface area contributed by atoms with E-state index in [9.17, 15) is 9.59 Å². The Labute approximate surface area is 172 Å². The first-order valence-electron chi connectivity index (χ1n) is 9.50. The van der Waals surface area contributed by atoms with Gasteiger partial charge in [-0.1, -0.05) is 18.2 Å². The standard InChI is InChI=1S/C21H21N7O2/c1-12(2)28-11-22-27-20(28)16-8-5-9-18(24-16)26-21(30)17-10-14-6-4-7-15(19(14)25-17)23-13(3)29/h4-12,25H,1-3H3,(H,23,29)(H,24,26,30). The van der Waals surface area contributed by atoms with Gasteiger partial charge in [0.05, 0.1) is 11.2 Å². The highest BCUT2D eigenvalue weighted by Gasteiger charge is 2.15. The van der Waals surface area contributed by atoms with Crippen molar-refractivity contribution in [3.8, 4) is 11.5 Å². The third-order valence-electron chi connectivity index (χ3n) is 4.56. The lowest BCUT2D eigenvalue weighted by molar-refractivity contribution is -0.114. The molecule has 1 aromatic carbocycles. The van der Waals surface area contributed by atoms with Gasteiger partial charge in [-0.3, -0.25) is 9.59 Å². The number of para-hydroxylation sites is 1. The van der Waals surface area contributed by atoms with Crippen LogP contribution in [0.1, 0.15) is 37.3 Å². The van der Waals surface area contributed by atoms with Crippen LogP contribution < -0.4 is 10.6 Å². The zero-order valence-electron chi connectivity index (χ0n) is 16.8. The monoisotopic (exact) mass is 403 g/mol. The summed E-state index contributed by atoms with van der Waals surface area (Å²) in [5.41, 5.74) is 2.28. The quantitative estimate of drug-likeness (QED) is 0.470. The molecule has 0 atom stereocenters. The molecule has 4 rings (SSSR count). The Morgan fingerprint density at radius 2 is 1.90 bits per heavy atom. The van der Waals surface area contributed by atoms with E-state index >= 15 is 0 Å². The number of aromatic nitrogens is 5. The lowest BCUT2D eigenvalue weighted by Crippen LogP contribution is -2.14. The Morgan fingerprint density at radius 1 is 1.10 bits per heavy atom. The predicted molar refractivity (Wildman–Crippen MR) is 114 cm³/mol. The number of fused-ring (bicyclic) bond motifs is 1. The second-order valence-corrected chi connectivity index (χ2v) is 7.15. The van der Waals surface area contributed by atoms with Crippen LogP contribution in [0.4, 0.5) is 11.5 Å². The molecule has 0 unspecified atom stereocenters. The molecule has 0 radical (unpaired) electrons. The third kappa shape index (κ3) is 3.77. The average molecular weight is 403 g/mol. The summed E-state index contributed by atoms with van der Waals surface area (Å²) in [6.07, 6.45) is 1.66. The zero-order chi connectivity index (χ0) is 21.3. The number of benzene rings is 1. The number of hydrogen-bond donors (Lipinski definition) is 3. The molecule has 4 aromatic rings. The molecule has 9 heteroatoms. The molecule has 30 heavy (non-hydrogen) atoms. The molecular weight excluding hydrogens is 382 g/mol. The maximum atomic E-state index is 12.8. The van der Waals surface area contributed by atoms with Crippen molar-refractivity contribution in [1.29, 1.82) is 0 Å². The highest BCUT2D eigenvalue weighted by Crippen LogP contribution is 2.25. The molecule has 0 bridgehead atoms. The minimum absolute atomic E-state index is 0.180. The van der Waals surface area contributed by atoms with Gasteiger partial charge in [0.1, 0.15) is 23.5 Å². The van der Waals surface area contributed by atoms with Gasteiger partial charge in [0.15, 0.2) is 5.82 Å². The summed E-state index contributed by atoms with van der Waals surface area (Å²) in [5.74, 6) is 0.511. The number of nitrogens with zero attached hydrogens (tertiary/aromatic N) is 4. The van der Waals surface area contributed by atoms with Crippen molar-refractivity contribution in [2.75, 3.05) is 10.6 Å². The van der Waals surface area contributed by atoms with Gasteiger partial charge in [0.25, 0.3) is 5.91 Å². The number of nitrogens with one attached hydrogen (secondary N) is 3. The Kier molecular flexibility index (Phi) is 5.01. The van der Waals surface area contributed by atoms with Crippen molar-refractivity contribution in [3.05, 3.63) is 54.5 Å². The van der Waals surface area contributed by atoms with Gasteiger partial charge in [0, 0.05) is 18.4 Å². The minimum atomic E-state index is -0.338. The van der Waals surface area contributed by atoms with Crippen molar-refractivity contribution in [2.24, 2.45) is 0 Å². The topological polar surface area (TPSA) is 118 Å². The fourth-order valence-electron chi connectivity index (χ4n) is 3.19. The van der Waals surface area contributed by atoms with Gasteiger partial charge in [-0.25, -0.2) is 4.98 Å². The molecule has 0 saturated carbocycles. The summed E-state index contributed by atoms with van der Waals surface area (Å²) in [4.78, 5) is 31.8. The Morgan fingerprint density at radius 3 is 2.67 bits per heavy atom. The lowest BCUT2D eigenvalue weighted by Gasteiger charge is -2.10. The highest BCUT2D eigenvalue weighted by atomic mass is 16.2. The number of carbonyl (C=O) groups is 2. The molecule has 9 nitrogen and oxygen atoms in total. The SMILES string of the molecule is CC(=O)Nc1cccc2cc(C(=O)Nc3cccc(-c4nncn4C(C)C)n3)[nH]c12. The van der Waals surface area contributed by atoms with E-state index in [1.54, 1.807) is 30.6 Å². The fourth-order valence-corrected chi connectivity index (χ4v) is 3.19. The summed E-state index contributed by atoms with van der Waals surface area (Å²) in [6, 6.07) is 12.7. The van der Waals surface area contributed by atoms with Crippen LogP contribution in [-0.4, -0.2) is 36.5 Å². The first-order valence-corrected chi connectivity index (χ1v) is 9.50. The van der Waals surface area contributed by atoms with E-state index in [0.29, 0.717) is 34.2 Å². The summed E-state index contributed by atoms with van der Waals surface area (Å²) in [5, 5.41) is 14.5. The summed E-state index contributed by atoms with van der Waals surface area (Å²) < 4.78 is 1.91. The first-order chi connectivity index (χ1) is 14.4. The normalized spacial score (nSPS) is 11.1. The number of anilines is 2. The van der Waals surface area contributed by atoms with E-state index in [1.165, 1.54) is 6.92 Å². The predicted octanol–water partition coefficient (Wildman–Crippen LogP) is 3.61. The van der Waals surface area contributed by atoms with Gasteiger partial charge in [-0.2, -0.15) is 0 Å². The Bertz CT molecular complexity index is 1240. The molecule has 152 valence electrons. The number of aromatic amines is 1. The molecule has 2 amide bonds. The minimum Gasteiger partial charge on any atom is -0.349 e. The number of hydrogen-bond acceptors (Lipinski definition) is 5. The van der Waals surface area contributed by atoms with Crippen molar-refractivity contribution in [2.45, 2.75) is 26.8 Å². The van der Waals surface area contributed by atoms with E-state index in [2.05, 4.69) is 30.8 Å². The molecular formula is C21H21N7O2. The molecule has 0 fully saturated rings. The molecule has 3 heterocycles. The van der Waals surface area contributed by atoms with Crippen LogP contribution >= 0.6 is 0 Å². The second kappa shape index (κ2) is 7.78. The van der Waals surface area contributed by atoms with E-state index in [4.69, 9.17) is 0 Å². The lowest BCUT2D eigenvalue weighted by atomic mass is 10.2. The van der Waals surface area contributed by atoms with Crippen LogP contribution in [0, 0.1) is 0 Å². The smallest absolute Gasteiger partial charge is 0.273 e. The van der Waals surface area contributed by atoms with Crippen LogP contribution in [0.5, 0.6) is 0 Å². The van der Waals surface area contributed by atoms with Crippen LogP contribution in [0.25, 0.3) is 22.4 Å². The summed E-state index contributed by atoms with van der Waals surface area (Å²) in [6.45, 7) is 5.50.